The maximum atomic E-state index is 12.5. The lowest BCUT2D eigenvalue weighted by molar-refractivity contribution is -0.125. The number of aromatic amines is 1. The van der Waals surface area contributed by atoms with Crippen LogP contribution in [0.2, 0.25) is 0 Å². The van der Waals surface area contributed by atoms with Crippen LogP contribution in [0.1, 0.15) is 25.7 Å². The summed E-state index contributed by atoms with van der Waals surface area (Å²) in [5, 5.41) is 3.03. The van der Waals surface area contributed by atoms with Gasteiger partial charge >= 0.3 is 0 Å². The van der Waals surface area contributed by atoms with E-state index in [0.717, 1.165) is 16.9 Å². The zero-order valence-electron chi connectivity index (χ0n) is 13.5. The van der Waals surface area contributed by atoms with Crippen LogP contribution in [-0.2, 0) is 11.2 Å². The number of rotatable bonds is 6. The number of H-pyrrole nitrogens is 1. The van der Waals surface area contributed by atoms with Crippen LogP contribution in [0, 0.1) is 5.92 Å². The Kier molecular flexibility index (Phi) is 4.46. The number of para-hydroxylation sites is 2. The average Bonchev–Trinajstić information content (AvgIpc) is 3.15. The van der Waals surface area contributed by atoms with Gasteiger partial charge in [0, 0.05) is 25.4 Å². The highest BCUT2D eigenvalue weighted by molar-refractivity contribution is 5.80. The summed E-state index contributed by atoms with van der Waals surface area (Å²) >= 11 is 0. The second-order valence-corrected chi connectivity index (χ2v) is 6.06. The van der Waals surface area contributed by atoms with Gasteiger partial charge in [0.1, 0.15) is 11.9 Å². The second-order valence-electron chi connectivity index (χ2n) is 6.06. The summed E-state index contributed by atoms with van der Waals surface area (Å²) in [6.07, 6.45) is 4.56. The van der Waals surface area contributed by atoms with Gasteiger partial charge in [-0.2, -0.15) is 0 Å². The molecule has 2 aromatic heterocycles. The standard InChI is InChI=1S/C18H22N4O/c1-13(2)17(22-11-5-6-12-22)18(23)19-10-9-16-20-14-7-3-4-8-15(14)21-16/h3-8,11-13,17H,9-10H2,1-2H3,(H,19,23)(H,20,21). The molecule has 2 N–H and O–H groups in total. The Labute approximate surface area is 135 Å². The van der Waals surface area contributed by atoms with Gasteiger partial charge in [0.05, 0.1) is 11.0 Å². The van der Waals surface area contributed by atoms with Gasteiger partial charge in [-0.05, 0) is 30.2 Å². The van der Waals surface area contributed by atoms with Crippen molar-refractivity contribution in [3.8, 4) is 0 Å². The Morgan fingerprint density at radius 2 is 1.96 bits per heavy atom. The Bertz CT molecular complexity index is 740. The van der Waals surface area contributed by atoms with Gasteiger partial charge in [0.15, 0.2) is 0 Å². The lowest BCUT2D eigenvalue weighted by Gasteiger charge is -2.22. The number of carbonyl (C=O) groups excluding carboxylic acids is 1. The van der Waals surface area contributed by atoms with Crippen molar-refractivity contribution in [3.05, 3.63) is 54.6 Å². The molecule has 1 unspecified atom stereocenters. The number of nitrogens with one attached hydrogen (secondary N) is 2. The highest BCUT2D eigenvalue weighted by atomic mass is 16.2. The minimum atomic E-state index is -0.180. The first-order valence-corrected chi connectivity index (χ1v) is 7.99. The number of benzene rings is 1. The molecule has 0 aliphatic carbocycles. The number of hydrogen-bond acceptors (Lipinski definition) is 2. The van der Waals surface area contributed by atoms with Crippen molar-refractivity contribution >= 4 is 16.9 Å². The fourth-order valence-corrected chi connectivity index (χ4v) is 2.85. The summed E-state index contributed by atoms with van der Waals surface area (Å²) in [5.74, 6) is 1.18. The summed E-state index contributed by atoms with van der Waals surface area (Å²) in [7, 11) is 0. The topological polar surface area (TPSA) is 62.7 Å². The molecule has 2 heterocycles. The van der Waals surface area contributed by atoms with E-state index in [1.54, 1.807) is 0 Å². The zero-order chi connectivity index (χ0) is 16.2. The molecule has 23 heavy (non-hydrogen) atoms. The number of imidazole rings is 1. The molecule has 0 radical (unpaired) electrons. The van der Waals surface area contributed by atoms with Crippen LogP contribution < -0.4 is 5.32 Å². The normalized spacial score (nSPS) is 12.7. The first-order chi connectivity index (χ1) is 11.1. The van der Waals surface area contributed by atoms with Crippen molar-refractivity contribution in [1.82, 2.24) is 19.9 Å². The fraction of sp³-hybridized carbons (Fsp3) is 0.333. The third kappa shape index (κ3) is 3.44. The summed E-state index contributed by atoms with van der Waals surface area (Å²) in [6, 6.07) is 11.6. The van der Waals surface area contributed by atoms with Crippen LogP contribution in [0.5, 0.6) is 0 Å². The van der Waals surface area contributed by atoms with Crippen molar-refractivity contribution in [2.24, 2.45) is 5.92 Å². The number of hydrogen-bond donors (Lipinski definition) is 2. The molecule has 0 fully saturated rings. The third-order valence-corrected chi connectivity index (χ3v) is 3.95. The molecule has 120 valence electrons. The highest BCUT2D eigenvalue weighted by Crippen LogP contribution is 2.18. The third-order valence-electron chi connectivity index (χ3n) is 3.95. The molecule has 0 spiro atoms. The largest absolute Gasteiger partial charge is 0.354 e. The van der Waals surface area contributed by atoms with Gasteiger partial charge in [-0.15, -0.1) is 0 Å². The Hall–Kier alpha value is -2.56. The van der Waals surface area contributed by atoms with Crippen molar-refractivity contribution in [2.45, 2.75) is 26.3 Å². The molecule has 0 saturated carbocycles. The number of nitrogens with zero attached hydrogens (tertiary/aromatic N) is 2. The molecule has 3 aromatic rings. The molecule has 0 aliphatic rings. The molecule has 5 heteroatoms. The molecule has 3 rings (SSSR count). The molecule has 1 aromatic carbocycles. The van der Waals surface area contributed by atoms with E-state index in [1.807, 2.05) is 53.4 Å². The number of carbonyl (C=O) groups is 1. The van der Waals surface area contributed by atoms with Gasteiger partial charge < -0.3 is 14.9 Å². The van der Waals surface area contributed by atoms with Gasteiger partial charge in [-0.1, -0.05) is 26.0 Å². The molecule has 0 saturated heterocycles. The highest BCUT2D eigenvalue weighted by Gasteiger charge is 2.22. The van der Waals surface area contributed by atoms with E-state index in [4.69, 9.17) is 0 Å². The van der Waals surface area contributed by atoms with Crippen molar-refractivity contribution < 1.29 is 4.79 Å². The first kappa shape index (κ1) is 15.3. The summed E-state index contributed by atoms with van der Waals surface area (Å²) < 4.78 is 1.96. The van der Waals surface area contributed by atoms with Crippen LogP contribution in [-0.4, -0.2) is 27.0 Å². The smallest absolute Gasteiger partial charge is 0.243 e. The van der Waals surface area contributed by atoms with Crippen molar-refractivity contribution in [1.29, 1.82) is 0 Å². The maximum Gasteiger partial charge on any atom is 0.243 e. The Balaban J connectivity index is 1.59. The van der Waals surface area contributed by atoms with E-state index in [9.17, 15) is 4.79 Å². The fourth-order valence-electron chi connectivity index (χ4n) is 2.85. The van der Waals surface area contributed by atoms with Gasteiger partial charge in [0.25, 0.3) is 0 Å². The van der Waals surface area contributed by atoms with Gasteiger partial charge in [-0.3, -0.25) is 4.79 Å². The van der Waals surface area contributed by atoms with E-state index in [1.165, 1.54) is 0 Å². The van der Waals surface area contributed by atoms with Crippen molar-refractivity contribution in [2.75, 3.05) is 6.54 Å². The molecular weight excluding hydrogens is 288 g/mol. The summed E-state index contributed by atoms with van der Waals surface area (Å²) in [4.78, 5) is 20.3. The van der Waals surface area contributed by atoms with Crippen LogP contribution in [0.3, 0.4) is 0 Å². The second kappa shape index (κ2) is 6.69. The van der Waals surface area contributed by atoms with E-state index in [-0.39, 0.29) is 17.9 Å². The van der Waals surface area contributed by atoms with E-state index >= 15 is 0 Å². The van der Waals surface area contributed by atoms with Crippen LogP contribution in [0.4, 0.5) is 0 Å². The van der Waals surface area contributed by atoms with Crippen LogP contribution >= 0.6 is 0 Å². The zero-order valence-corrected chi connectivity index (χ0v) is 13.5. The van der Waals surface area contributed by atoms with Gasteiger partial charge in [0.2, 0.25) is 5.91 Å². The first-order valence-electron chi connectivity index (χ1n) is 7.99. The van der Waals surface area contributed by atoms with Gasteiger partial charge in [-0.25, -0.2) is 4.98 Å². The van der Waals surface area contributed by atoms with E-state index < -0.39 is 0 Å². The molecule has 1 amide bonds. The molecule has 1 atom stereocenters. The van der Waals surface area contributed by atoms with E-state index in [0.29, 0.717) is 13.0 Å². The number of aromatic nitrogens is 3. The molecule has 0 bridgehead atoms. The molecule has 5 nitrogen and oxygen atoms in total. The maximum absolute atomic E-state index is 12.5. The predicted molar refractivity (Wildman–Crippen MR) is 91.1 cm³/mol. The SMILES string of the molecule is CC(C)C(C(=O)NCCc1nc2ccccc2[nH]1)n1cccc1. The Morgan fingerprint density at radius 3 is 2.65 bits per heavy atom. The quantitative estimate of drug-likeness (QED) is 0.735. The number of fused-ring (bicyclic) bond motifs is 1. The summed E-state index contributed by atoms with van der Waals surface area (Å²) in [6.45, 7) is 4.69. The lowest BCUT2D eigenvalue weighted by Crippen LogP contribution is -2.36. The van der Waals surface area contributed by atoms with Crippen LogP contribution in [0.25, 0.3) is 11.0 Å². The number of amides is 1. The Morgan fingerprint density at radius 1 is 1.22 bits per heavy atom. The lowest BCUT2D eigenvalue weighted by atomic mass is 10.0. The monoisotopic (exact) mass is 310 g/mol. The van der Waals surface area contributed by atoms with Crippen molar-refractivity contribution in [3.63, 3.8) is 0 Å². The van der Waals surface area contributed by atoms with Crippen LogP contribution in [0.15, 0.2) is 48.8 Å². The minimum Gasteiger partial charge on any atom is -0.354 e. The molecular formula is C18H22N4O. The molecule has 0 aliphatic heterocycles. The minimum absolute atomic E-state index is 0.0484. The predicted octanol–water partition coefficient (Wildman–Crippen LogP) is 2.92. The summed E-state index contributed by atoms with van der Waals surface area (Å²) in [5.41, 5.74) is 1.99. The average molecular weight is 310 g/mol. The van der Waals surface area contributed by atoms with E-state index in [2.05, 4.69) is 29.1 Å².